The van der Waals surface area contributed by atoms with Gasteiger partial charge in [0.05, 0.1) is 4.88 Å². The van der Waals surface area contributed by atoms with Crippen LogP contribution in [0.1, 0.15) is 10.6 Å². The second-order valence-electron chi connectivity index (χ2n) is 3.87. The first-order chi connectivity index (χ1) is 8.91. The second kappa shape index (κ2) is 5.26. The zero-order valence-corrected chi connectivity index (χ0v) is 10.7. The largest absolute Gasteiger partial charge is 0.443 e. The number of hydrogen-bond acceptors (Lipinski definition) is 3. The minimum absolute atomic E-state index is 0.140. The molecular formula is C12H10F4N2S. The molecular weight excluding hydrogens is 280 g/mol. The third-order valence-corrected chi connectivity index (χ3v) is 3.50. The topological polar surface area (TPSA) is 24.9 Å². The highest BCUT2D eigenvalue weighted by atomic mass is 32.1. The Morgan fingerprint density at radius 2 is 2.05 bits per heavy atom. The van der Waals surface area contributed by atoms with E-state index in [0.29, 0.717) is 17.9 Å². The predicted molar refractivity (Wildman–Crippen MR) is 65.3 cm³/mol. The summed E-state index contributed by atoms with van der Waals surface area (Å²) in [5.41, 5.74) is 0.932. The lowest BCUT2D eigenvalue weighted by molar-refractivity contribution is -0.137. The zero-order chi connectivity index (χ0) is 14.0. The molecule has 2 aromatic rings. The molecule has 0 radical (unpaired) electrons. The molecule has 102 valence electrons. The van der Waals surface area contributed by atoms with Gasteiger partial charge in [-0.1, -0.05) is 6.07 Å². The van der Waals surface area contributed by atoms with Crippen molar-refractivity contribution in [3.63, 3.8) is 0 Å². The third-order valence-electron chi connectivity index (χ3n) is 2.43. The number of thiazole rings is 1. The van der Waals surface area contributed by atoms with Gasteiger partial charge in [0.1, 0.15) is 5.82 Å². The minimum atomic E-state index is -4.50. The maximum Gasteiger partial charge on any atom is 0.443 e. The Labute approximate surface area is 111 Å². The monoisotopic (exact) mass is 290 g/mol. The van der Waals surface area contributed by atoms with Gasteiger partial charge in [0.15, 0.2) is 5.01 Å². The second-order valence-corrected chi connectivity index (χ2v) is 4.90. The van der Waals surface area contributed by atoms with Crippen LogP contribution in [0.25, 0.3) is 10.4 Å². The average molecular weight is 290 g/mol. The summed E-state index contributed by atoms with van der Waals surface area (Å²) in [5, 5.41) is 1.93. The Morgan fingerprint density at radius 3 is 2.63 bits per heavy atom. The van der Waals surface area contributed by atoms with Gasteiger partial charge in [-0.05, 0) is 24.7 Å². The summed E-state index contributed by atoms with van der Waals surface area (Å²) in [6, 6.07) is 4.36. The summed E-state index contributed by atoms with van der Waals surface area (Å²) in [6.07, 6.45) is -3.45. The summed E-state index contributed by atoms with van der Waals surface area (Å²) < 4.78 is 51.1. The quantitative estimate of drug-likeness (QED) is 0.872. The van der Waals surface area contributed by atoms with Gasteiger partial charge in [0.25, 0.3) is 0 Å². The van der Waals surface area contributed by atoms with Crippen molar-refractivity contribution >= 4 is 11.3 Å². The summed E-state index contributed by atoms with van der Waals surface area (Å²) in [6.45, 7) is 0.512. The van der Waals surface area contributed by atoms with Crippen LogP contribution in [0.4, 0.5) is 17.6 Å². The van der Waals surface area contributed by atoms with E-state index in [0.717, 1.165) is 11.8 Å². The molecule has 7 heteroatoms. The molecule has 2 nitrogen and oxygen atoms in total. The van der Waals surface area contributed by atoms with Crippen LogP contribution in [0.5, 0.6) is 0 Å². The summed E-state index contributed by atoms with van der Waals surface area (Å²) in [5.74, 6) is -0.558. The number of alkyl halides is 3. The number of nitrogens with one attached hydrogen (secondary N) is 1. The Bertz CT molecular complexity index is 577. The van der Waals surface area contributed by atoms with Crippen molar-refractivity contribution in [2.75, 3.05) is 7.05 Å². The maximum atomic E-state index is 13.7. The van der Waals surface area contributed by atoms with Crippen molar-refractivity contribution in [2.45, 2.75) is 12.7 Å². The lowest BCUT2D eigenvalue weighted by atomic mass is 10.1. The van der Waals surface area contributed by atoms with Gasteiger partial charge in [-0.2, -0.15) is 13.2 Å². The molecule has 0 amide bonds. The van der Waals surface area contributed by atoms with E-state index in [2.05, 4.69) is 10.3 Å². The molecule has 0 aliphatic heterocycles. The SMILES string of the molecule is CNCc1ccc(F)c(-c2cnc(C(F)(F)F)s2)c1. The smallest absolute Gasteiger partial charge is 0.316 e. The van der Waals surface area contributed by atoms with Gasteiger partial charge < -0.3 is 5.32 Å². The number of hydrogen-bond donors (Lipinski definition) is 1. The molecule has 0 atom stereocenters. The normalized spacial score (nSPS) is 11.8. The predicted octanol–water partition coefficient (Wildman–Crippen LogP) is 3.69. The number of aromatic nitrogens is 1. The molecule has 0 bridgehead atoms. The van der Waals surface area contributed by atoms with Crippen LogP contribution in [0.3, 0.4) is 0 Å². The highest BCUT2D eigenvalue weighted by Crippen LogP contribution is 2.37. The molecule has 1 aromatic carbocycles. The molecule has 0 saturated carbocycles. The van der Waals surface area contributed by atoms with Crippen LogP contribution in [0.2, 0.25) is 0 Å². The first-order valence-electron chi connectivity index (χ1n) is 5.38. The number of halogens is 4. The van der Waals surface area contributed by atoms with Gasteiger partial charge in [-0.15, -0.1) is 11.3 Å². The molecule has 0 aliphatic rings. The molecule has 1 heterocycles. The molecule has 1 aromatic heterocycles. The maximum absolute atomic E-state index is 13.7. The van der Waals surface area contributed by atoms with Gasteiger partial charge in [0.2, 0.25) is 0 Å². The van der Waals surface area contributed by atoms with Crippen LogP contribution < -0.4 is 5.32 Å². The van der Waals surface area contributed by atoms with Crippen LogP contribution in [0, 0.1) is 5.82 Å². The first-order valence-corrected chi connectivity index (χ1v) is 6.20. The van der Waals surface area contributed by atoms with Crippen LogP contribution in [0.15, 0.2) is 24.4 Å². The van der Waals surface area contributed by atoms with E-state index >= 15 is 0 Å². The van der Waals surface area contributed by atoms with E-state index in [1.165, 1.54) is 12.1 Å². The fourth-order valence-corrected chi connectivity index (χ4v) is 2.41. The Balaban J connectivity index is 2.41. The number of nitrogens with zero attached hydrogens (tertiary/aromatic N) is 1. The summed E-state index contributed by atoms with van der Waals surface area (Å²) in [7, 11) is 1.73. The fourth-order valence-electron chi connectivity index (χ4n) is 1.61. The average Bonchev–Trinajstić information content (AvgIpc) is 2.81. The van der Waals surface area contributed by atoms with Gasteiger partial charge >= 0.3 is 6.18 Å². The first kappa shape index (κ1) is 14.0. The van der Waals surface area contributed by atoms with E-state index in [1.807, 2.05) is 0 Å². The van der Waals surface area contributed by atoms with E-state index in [4.69, 9.17) is 0 Å². The molecule has 0 aliphatic carbocycles. The van der Waals surface area contributed by atoms with Gasteiger partial charge in [-0.25, -0.2) is 9.37 Å². The molecule has 0 unspecified atom stereocenters. The van der Waals surface area contributed by atoms with Crippen LogP contribution in [-0.4, -0.2) is 12.0 Å². The molecule has 0 saturated heterocycles. The standard InChI is InChI=1S/C12H10F4N2S/c1-17-5-7-2-3-9(13)8(4-7)10-6-18-11(19-10)12(14,15)16/h2-4,6,17H,5H2,1H3. The zero-order valence-electron chi connectivity index (χ0n) is 9.88. The number of benzene rings is 1. The Morgan fingerprint density at radius 1 is 1.32 bits per heavy atom. The fraction of sp³-hybridized carbons (Fsp3) is 0.250. The molecule has 19 heavy (non-hydrogen) atoms. The number of rotatable bonds is 3. The summed E-state index contributed by atoms with van der Waals surface area (Å²) in [4.78, 5) is 3.46. The van der Waals surface area contributed by atoms with Crippen molar-refractivity contribution in [2.24, 2.45) is 0 Å². The van der Waals surface area contributed by atoms with E-state index in [1.54, 1.807) is 13.1 Å². The molecule has 2 rings (SSSR count). The Kier molecular flexibility index (Phi) is 3.86. The van der Waals surface area contributed by atoms with Crippen molar-refractivity contribution in [3.05, 3.63) is 40.8 Å². The van der Waals surface area contributed by atoms with Crippen molar-refractivity contribution in [3.8, 4) is 10.4 Å². The molecule has 0 fully saturated rings. The molecule has 0 spiro atoms. The summed E-state index contributed by atoms with van der Waals surface area (Å²) >= 11 is 0.437. The molecule has 1 N–H and O–H groups in total. The van der Waals surface area contributed by atoms with Gasteiger partial charge in [-0.3, -0.25) is 0 Å². The van der Waals surface area contributed by atoms with Crippen molar-refractivity contribution in [1.29, 1.82) is 0 Å². The van der Waals surface area contributed by atoms with E-state index in [9.17, 15) is 17.6 Å². The highest BCUT2D eigenvalue weighted by molar-refractivity contribution is 7.15. The van der Waals surface area contributed by atoms with Gasteiger partial charge in [0, 0.05) is 18.3 Å². The lowest BCUT2D eigenvalue weighted by Crippen LogP contribution is -2.05. The third kappa shape index (κ3) is 3.10. The van der Waals surface area contributed by atoms with Crippen molar-refractivity contribution in [1.82, 2.24) is 10.3 Å². The Hall–Kier alpha value is -1.47. The van der Waals surface area contributed by atoms with E-state index in [-0.39, 0.29) is 10.4 Å². The van der Waals surface area contributed by atoms with Crippen LogP contribution >= 0.6 is 11.3 Å². The lowest BCUT2D eigenvalue weighted by Gasteiger charge is -2.04. The highest BCUT2D eigenvalue weighted by Gasteiger charge is 2.34. The van der Waals surface area contributed by atoms with E-state index < -0.39 is 17.0 Å². The van der Waals surface area contributed by atoms with Crippen LogP contribution in [-0.2, 0) is 12.7 Å². The minimum Gasteiger partial charge on any atom is -0.316 e. The van der Waals surface area contributed by atoms with Crippen molar-refractivity contribution < 1.29 is 17.6 Å².